The number of aryl methyl sites for hydroxylation is 3. The molecule has 156 valence electrons. The van der Waals surface area contributed by atoms with Crippen LogP contribution >= 0.6 is 11.3 Å². The van der Waals surface area contributed by atoms with Crippen molar-refractivity contribution in [3.8, 4) is 0 Å². The molecule has 6 nitrogen and oxygen atoms in total. The normalized spacial score (nSPS) is 16.4. The number of hydrogen-bond acceptors (Lipinski definition) is 5. The zero-order valence-electron chi connectivity index (χ0n) is 17.5. The van der Waals surface area contributed by atoms with Crippen LogP contribution in [0.1, 0.15) is 48.0 Å². The molecule has 1 aliphatic carbocycles. The second kappa shape index (κ2) is 7.96. The predicted molar refractivity (Wildman–Crippen MR) is 121 cm³/mol. The van der Waals surface area contributed by atoms with Crippen molar-refractivity contribution in [3.05, 3.63) is 62.9 Å². The van der Waals surface area contributed by atoms with Crippen LogP contribution in [0.2, 0.25) is 0 Å². The Kier molecular flexibility index (Phi) is 5.16. The van der Waals surface area contributed by atoms with Crippen LogP contribution < -0.4 is 10.9 Å². The first-order chi connectivity index (χ1) is 14.6. The molecule has 0 aromatic carbocycles. The highest BCUT2D eigenvalue weighted by Gasteiger charge is 2.25. The van der Waals surface area contributed by atoms with E-state index in [0.717, 1.165) is 66.8 Å². The number of nitrogens with one attached hydrogen (secondary N) is 1. The quantitative estimate of drug-likeness (QED) is 0.513. The Hall–Kier alpha value is -2.51. The summed E-state index contributed by atoms with van der Waals surface area (Å²) in [4.78, 5) is 24.5. The summed E-state index contributed by atoms with van der Waals surface area (Å²) in [6.07, 6.45) is 8.86. The molecule has 0 bridgehead atoms. The number of pyridine rings is 1. The average molecular weight is 422 g/mol. The molecule has 0 fully saturated rings. The van der Waals surface area contributed by atoms with E-state index in [1.165, 1.54) is 16.1 Å². The van der Waals surface area contributed by atoms with Crippen molar-refractivity contribution in [2.75, 3.05) is 0 Å². The lowest BCUT2D eigenvalue weighted by atomic mass is 9.93. The van der Waals surface area contributed by atoms with Crippen LogP contribution in [0.5, 0.6) is 0 Å². The average Bonchev–Trinajstić information content (AvgIpc) is 3.33. The molecule has 4 heterocycles. The largest absolute Gasteiger partial charge is 0.308 e. The maximum atomic E-state index is 13.0. The lowest BCUT2D eigenvalue weighted by molar-refractivity contribution is 0.460. The minimum absolute atomic E-state index is 0.137. The molecule has 30 heavy (non-hydrogen) atoms. The lowest BCUT2D eigenvalue weighted by Crippen LogP contribution is -2.34. The Morgan fingerprint density at radius 2 is 2.23 bits per heavy atom. The van der Waals surface area contributed by atoms with Gasteiger partial charge in [0.15, 0.2) is 0 Å². The maximum absolute atomic E-state index is 13.0. The topological polar surface area (TPSA) is 64.2 Å². The first kappa shape index (κ1) is 19.5. The molecule has 4 aromatic heterocycles. The van der Waals surface area contributed by atoms with Gasteiger partial charge in [-0.1, -0.05) is 19.4 Å². The van der Waals surface area contributed by atoms with Crippen molar-refractivity contribution >= 4 is 27.2 Å². The summed E-state index contributed by atoms with van der Waals surface area (Å²) in [5.74, 6) is 0. The molecule has 0 aliphatic heterocycles. The summed E-state index contributed by atoms with van der Waals surface area (Å²) >= 11 is 1.69. The van der Waals surface area contributed by atoms with Gasteiger partial charge in [-0.15, -0.1) is 11.3 Å². The van der Waals surface area contributed by atoms with Crippen molar-refractivity contribution < 1.29 is 0 Å². The zero-order valence-corrected chi connectivity index (χ0v) is 18.3. The molecule has 0 spiro atoms. The summed E-state index contributed by atoms with van der Waals surface area (Å²) in [6, 6.07) is 6.59. The molecular formula is C23H27N5OS. The smallest absolute Gasteiger partial charge is 0.262 e. The van der Waals surface area contributed by atoms with Crippen LogP contribution in [0.4, 0.5) is 0 Å². The van der Waals surface area contributed by atoms with E-state index in [1.807, 2.05) is 12.1 Å². The maximum Gasteiger partial charge on any atom is 0.262 e. The van der Waals surface area contributed by atoms with Crippen LogP contribution in [0.25, 0.3) is 15.9 Å². The molecule has 1 aliphatic rings. The third kappa shape index (κ3) is 3.46. The van der Waals surface area contributed by atoms with Crippen molar-refractivity contribution in [1.29, 1.82) is 0 Å². The summed E-state index contributed by atoms with van der Waals surface area (Å²) in [5, 5.41) is 4.55. The molecule has 0 amide bonds. The van der Waals surface area contributed by atoms with Crippen LogP contribution in [-0.4, -0.2) is 25.0 Å². The van der Waals surface area contributed by atoms with E-state index in [0.29, 0.717) is 6.04 Å². The molecule has 0 unspecified atom stereocenters. The minimum atomic E-state index is 0.137. The van der Waals surface area contributed by atoms with Gasteiger partial charge >= 0.3 is 0 Å². The van der Waals surface area contributed by atoms with E-state index < -0.39 is 0 Å². The standard InChI is InChI=1S/C23H27N5OS/c1-3-4-10-27-14-25-22-21(23(27)29)18-9-8-16(11-19(18)30-22)24-12-17-13-28-15(2)6-5-7-20(28)26-17/h5-7,13-14,16,24H,3-4,8-12H2,1-2H3/t16-/m0/s1. The monoisotopic (exact) mass is 421 g/mol. The van der Waals surface area contributed by atoms with Gasteiger partial charge in [-0.2, -0.15) is 0 Å². The number of rotatable bonds is 6. The molecular weight excluding hydrogens is 394 g/mol. The lowest BCUT2D eigenvalue weighted by Gasteiger charge is -2.23. The van der Waals surface area contributed by atoms with Crippen molar-refractivity contribution in [1.82, 2.24) is 24.3 Å². The number of imidazole rings is 1. The Labute approximate surface area is 179 Å². The van der Waals surface area contributed by atoms with Gasteiger partial charge in [0.25, 0.3) is 5.56 Å². The van der Waals surface area contributed by atoms with Crippen molar-refractivity contribution in [3.63, 3.8) is 0 Å². The molecule has 5 rings (SSSR count). The van der Waals surface area contributed by atoms with Crippen molar-refractivity contribution in [2.45, 2.75) is 65.1 Å². The highest BCUT2D eigenvalue weighted by atomic mass is 32.1. The molecule has 0 saturated carbocycles. The summed E-state index contributed by atoms with van der Waals surface area (Å²) in [5.41, 5.74) is 4.62. The molecule has 7 heteroatoms. The summed E-state index contributed by atoms with van der Waals surface area (Å²) in [6.45, 7) is 5.75. The third-order valence-electron chi connectivity index (χ3n) is 6.11. The summed E-state index contributed by atoms with van der Waals surface area (Å²) < 4.78 is 3.92. The Morgan fingerprint density at radius 1 is 1.33 bits per heavy atom. The zero-order chi connectivity index (χ0) is 20.7. The predicted octanol–water partition coefficient (Wildman–Crippen LogP) is 3.86. The molecule has 1 N–H and O–H groups in total. The number of aromatic nitrogens is 4. The second-order valence-electron chi connectivity index (χ2n) is 8.23. The van der Waals surface area contributed by atoms with Gasteiger partial charge in [-0.25, -0.2) is 9.97 Å². The Morgan fingerprint density at radius 3 is 3.07 bits per heavy atom. The van der Waals surface area contributed by atoms with E-state index >= 15 is 0 Å². The van der Waals surface area contributed by atoms with Crippen LogP contribution in [0, 0.1) is 6.92 Å². The van der Waals surface area contributed by atoms with Gasteiger partial charge in [0.1, 0.15) is 10.5 Å². The van der Waals surface area contributed by atoms with Gasteiger partial charge < -0.3 is 9.72 Å². The minimum Gasteiger partial charge on any atom is -0.308 e. The van der Waals surface area contributed by atoms with Crippen molar-refractivity contribution in [2.24, 2.45) is 0 Å². The third-order valence-corrected chi connectivity index (χ3v) is 7.27. The number of nitrogens with zero attached hydrogens (tertiary/aromatic N) is 4. The Bertz CT molecular complexity index is 1270. The second-order valence-corrected chi connectivity index (χ2v) is 9.31. The van der Waals surface area contributed by atoms with E-state index in [4.69, 9.17) is 4.98 Å². The van der Waals surface area contributed by atoms with E-state index in [-0.39, 0.29) is 5.56 Å². The first-order valence-electron chi connectivity index (χ1n) is 10.8. The fourth-order valence-corrected chi connectivity index (χ4v) is 5.65. The van der Waals surface area contributed by atoms with E-state index in [9.17, 15) is 4.79 Å². The van der Waals surface area contributed by atoms with E-state index in [2.05, 4.69) is 40.8 Å². The van der Waals surface area contributed by atoms with Gasteiger partial charge in [-0.3, -0.25) is 9.36 Å². The fourth-order valence-electron chi connectivity index (χ4n) is 4.40. The van der Waals surface area contributed by atoms with Gasteiger partial charge in [0.2, 0.25) is 0 Å². The highest BCUT2D eigenvalue weighted by Crippen LogP contribution is 2.33. The molecule has 0 saturated heterocycles. The molecule has 4 aromatic rings. The molecule has 0 radical (unpaired) electrons. The summed E-state index contributed by atoms with van der Waals surface area (Å²) in [7, 11) is 0. The van der Waals surface area contributed by atoms with Gasteiger partial charge in [0, 0.05) is 35.9 Å². The molecule has 1 atom stereocenters. The van der Waals surface area contributed by atoms with Gasteiger partial charge in [-0.05, 0) is 50.3 Å². The number of fused-ring (bicyclic) bond motifs is 4. The highest BCUT2D eigenvalue weighted by molar-refractivity contribution is 7.18. The SMILES string of the molecule is CCCCn1cnc2sc3c(c2c1=O)CC[C@H](NCc1cn2c(C)cccc2n1)C3. The van der Waals surface area contributed by atoms with Crippen LogP contribution in [-0.2, 0) is 25.9 Å². The Balaban J connectivity index is 1.33. The number of hydrogen-bond donors (Lipinski definition) is 1. The fraction of sp³-hybridized carbons (Fsp3) is 0.435. The van der Waals surface area contributed by atoms with Gasteiger partial charge in [0.05, 0.1) is 17.4 Å². The van der Waals surface area contributed by atoms with E-state index in [1.54, 1.807) is 22.2 Å². The first-order valence-corrected chi connectivity index (χ1v) is 11.6. The van der Waals surface area contributed by atoms with Crippen LogP contribution in [0.3, 0.4) is 0 Å². The number of thiophene rings is 1. The van der Waals surface area contributed by atoms with Crippen LogP contribution in [0.15, 0.2) is 35.5 Å². The number of unbranched alkanes of at least 4 members (excludes halogenated alkanes) is 1.